The van der Waals surface area contributed by atoms with Crippen molar-refractivity contribution in [2.45, 2.75) is 65.3 Å². The van der Waals surface area contributed by atoms with Crippen molar-refractivity contribution in [1.82, 2.24) is 14.9 Å². The number of carbonyl (C=O) groups is 1. The van der Waals surface area contributed by atoms with Crippen LogP contribution in [0.25, 0.3) is 0 Å². The lowest BCUT2D eigenvalue weighted by Crippen LogP contribution is -2.42. The van der Waals surface area contributed by atoms with Gasteiger partial charge in [-0.1, -0.05) is 31.3 Å². The molecule has 0 spiro atoms. The van der Waals surface area contributed by atoms with Gasteiger partial charge in [0.15, 0.2) is 0 Å². The molecule has 0 bridgehead atoms. The van der Waals surface area contributed by atoms with E-state index in [4.69, 9.17) is 0 Å². The van der Waals surface area contributed by atoms with Gasteiger partial charge in [-0.25, -0.2) is 8.42 Å². The Morgan fingerprint density at radius 3 is 2.07 bits per heavy atom. The quantitative estimate of drug-likeness (QED) is 0.761. The fraction of sp³-hybridized carbons (Fsp3) is 0.500. The van der Waals surface area contributed by atoms with Gasteiger partial charge in [0.05, 0.1) is 10.9 Å². The van der Waals surface area contributed by atoms with Gasteiger partial charge in [0.1, 0.15) is 5.01 Å². The summed E-state index contributed by atoms with van der Waals surface area (Å²) in [6.07, 6.45) is 0. The Morgan fingerprint density at radius 1 is 1.04 bits per heavy atom. The summed E-state index contributed by atoms with van der Waals surface area (Å²) in [5.74, 6) is -0.274. The molecular formula is C18H26N4O3S2. The molecule has 0 fully saturated rings. The number of amides is 1. The van der Waals surface area contributed by atoms with Crippen LogP contribution in [0.2, 0.25) is 0 Å². The lowest BCUT2D eigenvalue weighted by molar-refractivity contribution is -0.117. The average Bonchev–Trinajstić information content (AvgIpc) is 3.01. The van der Waals surface area contributed by atoms with E-state index in [1.807, 2.05) is 33.8 Å². The van der Waals surface area contributed by atoms with Crippen molar-refractivity contribution < 1.29 is 13.2 Å². The number of hydrogen-bond donors (Lipinski definition) is 2. The number of nitrogens with one attached hydrogen (secondary N) is 2. The Bertz CT molecular complexity index is 939. The third-order valence-electron chi connectivity index (χ3n) is 4.46. The van der Waals surface area contributed by atoms with Gasteiger partial charge in [0.2, 0.25) is 21.1 Å². The summed E-state index contributed by atoms with van der Waals surface area (Å²) in [5, 5.41) is 11.7. The van der Waals surface area contributed by atoms with Gasteiger partial charge < -0.3 is 0 Å². The standard InChI is InChI=1S/C18H26N4O3S2/c1-9(2)17-20-21-18(26-17)19-16(23)14(7)22-27(24,25)15-12(5)10(3)8-11(4)13(15)6/h8-9,14,22H,1-7H3,(H,19,21,23). The van der Waals surface area contributed by atoms with Crippen molar-refractivity contribution in [2.24, 2.45) is 0 Å². The first kappa shape index (κ1) is 21.5. The molecule has 1 aromatic carbocycles. The van der Waals surface area contributed by atoms with Crippen LogP contribution in [0.3, 0.4) is 0 Å². The highest BCUT2D eigenvalue weighted by atomic mass is 32.2. The molecule has 0 aliphatic rings. The molecule has 27 heavy (non-hydrogen) atoms. The van der Waals surface area contributed by atoms with Crippen molar-refractivity contribution >= 4 is 32.4 Å². The Hall–Kier alpha value is -1.84. The number of aromatic nitrogens is 2. The number of sulfonamides is 1. The van der Waals surface area contributed by atoms with Crippen molar-refractivity contribution in [2.75, 3.05) is 5.32 Å². The van der Waals surface area contributed by atoms with E-state index in [1.165, 1.54) is 18.3 Å². The van der Waals surface area contributed by atoms with Crippen LogP contribution < -0.4 is 10.0 Å². The minimum atomic E-state index is -3.85. The molecule has 2 aromatic rings. The van der Waals surface area contributed by atoms with Gasteiger partial charge in [0, 0.05) is 5.92 Å². The second-order valence-electron chi connectivity index (χ2n) is 7.02. The van der Waals surface area contributed by atoms with Gasteiger partial charge in [0.25, 0.3) is 0 Å². The van der Waals surface area contributed by atoms with Crippen molar-refractivity contribution in [3.63, 3.8) is 0 Å². The molecule has 0 aliphatic carbocycles. The summed E-state index contributed by atoms with van der Waals surface area (Å²) in [7, 11) is -3.85. The average molecular weight is 411 g/mol. The highest BCUT2D eigenvalue weighted by Gasteiger charge is 2.27. The highest BCUT2D eigenvalue weighted by molar-refractivity contribution is 7.89. The molecule has 0 radical (unpaired) electrons. The summed E-state index contributed by atoms with van der Waals surface area (Å²) in [4.78, 5) is 12.6. The van der Waals surface area contributed by atoms with Crippen molar-refractivity contribution in [3.8, 4) is 0 Å². The van der Waals surface area contributed by atoms with Gasteiger partial charge in [-0.3, -0.25) is 10.1 Å². The SMILES string of the molecule is Cc1cc(C)c(C)c(S(=O)(=O)NC(C)C(=O)Nc2nnc(C(C)C)s2)c1C. The topological polar surface area (TPSA) is 101 Å². The first-order valence-corrected chi connectivity index (χ1v) is 11.0. The van der Waals surface area contributed by atoms with E-state index in [0.29, 0.717) is 16.3 Å². The van der Waals surface area contributed by atoms with E-state index in [1.54, 1.807) is 13.8 Å². The molecule has 2 rings (SSSR count). The number of nitrogens with zero attached hydrogens (tertiary/aromatic N) is 2. The maximum atomic E-state index is 12.9. The summed E-state index contributed by atoms with van der Waals surface area (Å²) >= 11 is 1.28. The zero-order chi connectivity index (χ0) is 20.5. The van der Waals surface area contributed by atoms with Gasteiger partial charge in [-0.05, 0) is 56.9 Å². The minimum absolute atomic E-state index is 0.208. The van der Waals surface area contributed by atoms with Crippen LogP contribution in [0.1, 0.15) is 54.0 Å². The number of benzene rings is 1. The summed E-state index contributed by atoms with van der Waals surface area (Å²) < 4.78 is 28.3. The monoisotopic (exact) mass is 410 g/mol. The summed E-state index contributed by atoms with van der Waals surface area (Å²) in [6.45, 7) is 12.8. The molecule has 0 saturated carbocycles. The van der Waals surface area contributed by atoms with Crippen LogP contribution in [0.15, 0.2) is 11.0 Å². The molecule has 7 nitrogen and oxygen atoms in total. The van der Waals surface area contributed by atoms with E-state index in [0.717, 1.165) is 16.1 Å². The number of hydrogen-bond acceptors (Lipinski definition) is 6. The molecule has 2 N–H and O–H groups in total. The zero-order valence-corrected chi connectivity index (χ0v) is 18.3. The predicted molar refractivity (Wildman–Crippen MR) is 108 cm³/mol. The molecule has 1 heterocycles. The van der Waals surface area contributed by atoms with Crippen molar-refractivity contribution in [1.29, 1.82) is 0 Å². The molecule has 0 aliphatic heterocycles. The van der Waals surface area contributed by atoms with Crippen LogP contribution in [0, 0.1) is 27.7 Å². The van der Waals surface area contributed by atoms with Crippen LogP contribution in [-0.2, 0) is 14.8 Å². The molecule has 148 valence electrons. The summed E-state index contributed by atoms with van der Waals surface area (Å²) in [5.41, 5.74) is 3.16. The third-order valence-corrected chi connectivity index (χ3v) is 7.41. The molecule has 1 unspecified atom stereocenters. The molecular weight excluding hydrogens is 384 g/mol. The van der Waals surface area contributed by atoms with Gasteiger partial charge in [-0.15, -0.1) is 10.2 Å². The lowest BCUT2D eigenvalue weighted by Gasteiger charge is -2.18. The molecule has 0 saturated heterocycles. The second kappa shape index (κ2) is 8.04. The van der Waals surface area contributed by atoms with Crippen LogP contribution in [0.4, 0.5) is 5.13 Å². The Labute approximate surface area is 164 Å². The minimum Gasteiger partial charge on any atom is -0.299 e. The van der Waals surface area contributed by atoms with E-state index in [-0.39, 0.29) is 10.8 Å². The first-order valence-electron chi connectivity index (χ1n) is 8.68. The van der Waals surface area contributed by atoms with Crippen LogP contribution in [-0.4, -0.2) is 30.6 Å². The van der Waals surface area contributed by atoms with Crippen LogP contribution in [0.5, 0.6) is 0 Å². The number of rotatable bonds is 6. The Balaban J connectivity index is 2.21. The number of carbonyl (C=O) groups excluding carboxylic acids is 1. The van der Waals surface area contributed by atoms with Crippen molar-refractivity contribution in [3.05, 3.63) is 33.3 Å². The van der Waals surface area contributed by atoms with E-state index >= 15 is 0 Å². The van der Waals surface area contributed by atoms with Crippen LogP contribution >= 0.6 is 11.3 Å². The largest absolute Gasteiger partial charge is 0.299 e. The maximum absolute atomic E-state index is 12.9. The fourth-order valence-corrected chi connectivity index (χ4v) is 5.23. The first-order chi connectivity index (χ1) is 12.4. The van der Waals surface area contributed by atoms with E-state index in [9.17, 15) is 13.2 Å². The highest BCUT2D eigenvalue weighted by Crippen LogP contribution is 2.26. The second-order valence-corrected chi connectivity index (χ2v) is 9.68. The normalized spacial score (nSPS) is 13.0. The van der Waals surface area contributed by atoms with Gasteiger partial charge in [-0.2, -0.15) is 4.72 Å². The molecule has 1 amide bonds. The van der Waals surface area contributed by atoms with Gasteiger partial charge >= 0.3 is 0 Å². The maximum Gasteiger partial charge on any atom is 0.244 e. The predicted octanol–water partition coefficient (Wildman–Crippen LogP) is 3.20. The number of anilines is 1. The van der Waals surface area contributed by atoms with E-state index < -0.39 is 22.0 Å². The Kier molecular flexibility index (Phi) is 6.39. The van der Waals surface area contributed by atoms with E-state index in [2.05, 4.69) is 20.2 Å². The zero-order valence-electron chi connectivity index (χ0n) is 16.7. The molecule has 1 atom stereocenters. The third kappa shape index (κ3) is 4.72. The number of aryl methyl sites for hydroxylation is 2. The molecule has 9 heteroatoms. The fourth-order valence-electron chi connectivity index (χ4n) is 2.66. The lowest BCUT2D eigenvalue weighted by atomic mass is 10.0. The molecule has 1 aromatic heterocycles. The summed E-state index contributed by atoms with van der Waals surface area (Å²) in [6, 6.07) is 1.00. The Morgan fingerprint density at radius 2 is 1.59 bits per heavy atom. The smallest absolute Gasteiger partial charge is 0.244 e.